The summed E-state index contributed by atoms with van der Waals surface area (Å²) in [6, 6.07) is 11.2. The van der Waals surface area contributed by atoms with E-state index in [2.05, 4.69) is 10.3 Å². The van der Waals surface area contributed by atoms with Gasteiger partial charge in [0.05, 0.1) is 5.69 Å². The molecule has 23 heavy (non-hydrogen) atoms. The van der Waals surface area contributed by atoms with Gasteiger partial charge in [0.15, 0.2) is 10.7 Å². The first-order valence-electron chi connectivity index (χ1n) is 6.67. The molecule has 118 valence electrons. The first-order chi connectivity index (χ1) is 10.9. The summed E-state index contributed by atoms with van der Waals surface area (Å²) in [6.07, 6.45) is 1.46. The van der Waals surface area contributed by atoms with E-state index in [1.807, 2.05) is 0 Å². The summed E-state index contributed by atoms with van der Waals surface area (Å²) in [5.74, 6) is -1.33. The van der Waals surface area contributed by atoms with E-state index < -0.39 is 26.6 Å². The third-order valence-electron chi connectivity index (χ3n) is 3.44. The van der Waals surface area contributed by atoms with Crippen LogP contribution in [0.2, 0.25) is 0 Å². The Hall–Kier alpha value is -2.87. The molecule has 1 aromatic heterocycles. The number of nitrogens with zero attached hydrogens (tertiary/aromatic N) is 2. The molecule has 7 nitrogen and oxygen atoms in total. The number of carbonyl (C=O) groups excluding carboxylic acids is 1. The third kappa shape index (κ3) is 2.42. The van der Waals surface area contributed by atoms with E-state index in [0.29, 0.717) is 5.69 Å². The smallest absolute Gasteiger partial charge is 0.274 e. The third-order valence-corrected chi connectivity index (χ3v) is 5.26. The van der Waals surface area contributed by atoms with Gasteiger partial charge < -0.3 is 10.4 Å². The Morgan fingerprint density at radius 1 is 1.17 bits per heavy atom. The highest BCUT2D eigenvalue weighted by Gasteiger charge is 2.39. The number of aromatic nitrogens is 1. The first kappa shape index (κ1) is 15.0. The van der Waals surface area contributed by atoms with Gasteiger partial charge in [0.1, 0.15) is 5.82 Å². The van der Waals surface area contributed by atoms with Crippen LogP contribution in [0.15, 0.2) is 53.6 Å². The molecule has 2 aromatic rings. The van der Waals surface area contributed by atoms with Crippen LogP contribution in [0.25, 0.3) is 5.76 Å². The van der Waals surface area contributed by atoms with Crippen LogP contribution >= 0.6 is 0 Å². The molecular formula is C15H13N3O4S. The summed E-state index contributed by atoms with van der Waals surface area (Å²) in [7, 11) is -2.83. The van der Waals surface area contributed by atoms with E-state index in [1.54, 1.807) is 36.4 Å². The van der Waals surface area contributed by atoms with Crippen molar-refractivity contribution in [3.8, 4) is 0 Å². The van der Waals surface area contributed by atoms with Crippen molar-refractivity contribution in [3.63, 3.8) is 0 Å². The number of fused-ring (bicyclic) bond motifs is 1. The molecule has 1 amide bonds. The van der Waals surface area contributed by atoms with E-state index in [4.69, 9.17) is 0 Å². The highest BCUT2D eigenvalue weighted by atomic mass is 32.2. The average molecular weight is 331 g/mol. The lowest BCUT2D eigenvalue weighted by Gasteiger charge is -2.28. The first-order valence-corrected chi connectivity index (χ1v) is 8.11. The summed E-state index contributed by atoms with van der Waals surface area (Å²) in [5, 5.41) is 12.7. The van der Waals surface area contributed by atoms with Gasteiger partial charge in [0.2, 0.25) is 0 Å². The summed E-state index contributed by atoms with van der Waals surface area (Å²) >= 11 is 0. The monoisotopic (exact) mass is 331 g/mol. The maximum atomic E-state index is 12.5. The van der Waals surface area contributed by atoms with Crippen molar-refractivity contribution in [2.24, 2.45) is 0 Å². The van der Waals surface area contributed by atoms with Crippen molar-refractivity contribution in [1.29, 1.82) is 0 Å². The number of nitrogens with one attached hydrogen (secondary N) is 1. The van der Waals surface area contributed by atoms with E-state index in [-0.39, 0.29) is 11.4 Å². The van der Waals surface area contributed by atoms with Gasteiger partial charge in [-0.15, -0.1) is 0 Å². The lowest BCUT2D eigenvalue weighted by atomic mass is 10.1. The Bertz CT molecular complexity index is 907. The zero-order chi connectivity index (χ0) is 16.6. The van der Waals surface area contributed by atoms with Crippen molar-refractivity contribution < 1.29 is 18.3 Å². The minimum absolute atomic E-state index is 0.189. The Balaban J connectivity index is 2.11. The zero-order valence-electron chi connectivity index (χ0n) is 12.1. The molecule has 0 bridgehead atoms. The van der Waals surface area contributed by atoms with Gasteiger partial charge >= 0.3 is 0 Å². The van der Waals surface area contributed by atoms with Crippen LogP contribution in [-0.2, 0) is 14.8 Å². The maximum Gasteiger partial charge on any atom is 0.274 e. The zero-order valence-corrected chi connectivity index (χ0v) is 12.9. The number of para-hydroxylation sites is 1. The van der Waals surface area contributed by atoms with Crippen LogP contribution in [-0.4, -0.2) is 31.5 Å². The van der Waals surface area contributed by atoms with Crippen LogP contribution in [0.3, 0.4) is 0 Å². The van der Waals surface area contributed by atoms with Gasteiger partial charge in [-0.2, -0.15) is 0 Å². The van der Waals surface area contributed by atoms with E-state index in [0.717, 1.165) is 4.31 Å². The van der Waals surface area contributed by atoms with Gasteiger partial charge in [-0.25, -0.2) is 13.4 Å². The summed E-state index contributed by atoms with van der Waals surface area (Å²) in [6.45, 7) is 0. The molecule has 0 saturated heterocycles. The van der Waals surface area contributed by atoms with Crippen LogP contribution in [0.5, 0.6) is 0 Å². The average Bonchev–Trinajstić information content (AvgIpc) is 2.54. The maximum absolute atomic E-state index is 12.5. The van der Waals surface area contributed by atoms with E-state index >= 15 is 0 Å². The number of carbonyl (C=O) groups is 1. The van der Waals surface area contributed by atoms with Gasteiger partial charge in [-0.05, 0) is 24.3 Å². The van der Waals surface area contributed by atoms with Crippen molar-refractivity contribution in [1.82, 2.24) is 4.98 Å². The van der Waals surface area contributed by atoms with Gasteiger partial charge in [-0.3, -0.25) is 9.10 Å². The van der Waals surface area contributed by atoms with Crippen molar-refractivity contribution >= 4 is 33.2 Å². The Kier molecular flexibility index (Phi) is 3.53. The fourth-order valence-electron chi connectivity index (χ4n) is 2.29. The molecule has 1 aliphatic rings. The van der Waals surface area contributed by atoms with Crippen molar-refractivity contribution in [3.05, 3.63) is 59.1 Å². The number of hydrogen-bond acceptors (Lipinski definition) is 5. The fraction of sp³-hybridized carbons (Fsp3) is 0.0667. The molecule has 2 heterocycles. The fourth-order valence-corrected chi connectivity index (χ4v) is 3.63. The Morgan fingerprint density at radius 3 is 2.57 bits per heavy atom. The molecule has 1 aromatic carbocycles. The van der Waals surface area contributed by atoms with Gasteiger partial charge in [0, 0.05) is 18.8 Å². The molecule has 3 rings (SSSR count). The van der Waals surface area contributed by atoms with Crippen LogP contribution in [0.4, 0.5) is 11.5 Å². The molecule has 0 spiro atoms. The molecule has 0 unspecified atom stereocenters. The Morgan fingerprint density at radius 2 is 1.87 bits per heavy atom. The van der Waals surface area contributed by atoms with Crippen molar-refractivity contribution in [2.75, 3.05) is 16.7 Å². The molecule has 0 saturated carbocycles. The van der Waals surface area contributed by atoms with Crippen LogP contribution in [0.1, 0.15) is 5.56 Å². The molecule has 2 N–H and O–H groups in total. The summed E-state index contributed by atoms with van der Waals surface area (Å²) < 4.78 is 26.1. The molecule has 0 fully saturated rings. The topological polar surface area (TPSA) is 99.6 Å². The number of anilines is 2. The summed E-state index contributed by atoms with van der Waals surface area (Å²) in [5.41, 5.74) is 0.579. The van der Waals surface area contributed by atoms with Crippen molar-refractivity contribution in [2.45, 2.75) is 0 Å². The number of amides is 1. The highest BCUT2D eigenvalue weighted by molar-refractivity contribution is 7.97. The van der Waals surface area contributed by atoms with E-state index in [1.165, 1.54) is 19.3 Å². The number of pyridine rings is 1. The van der Waals surface area contributed by atoms with Crippen LogP contribution in [0, 0.1) is 0 Å². The number of aliphatic hydroxyl groups is 1. The lowest BCUT2D eigenvalue weighted by molar-refractivity contribution is -0.112. The number of benzene rings is 1. The number of aliphatic hydroxyl groups excluding tert-OH is 1. The minimum Gasteiger partial charge on any atom is -0.506 e. The quantitative estimate of drug-likeness (QED) is 0.873. The SMILES string of the molecule is CN1c2ccccc2C(O)=C(C(=O)Nc2ccccn2)S1(=O)=O. The Labute approximate surface area is 132 Å². The van der Waals surface area contributed by atoms with Gasteiger partial charge in [-0.1, -0.05) is 18.2 Å². The van der Waals surface area contributed by atoms with Crippen LogP contribution < -0.4 is 9.62 Å². The van der Waals surface area contributed by atoms with E-state index in [9.17, 15) is 18.3 Å². The normalized spacial score (nSPS) is 16.0. The standard InChI is InChI=1S/C15H13N3O4S/c1-18-11-7-3-2-6-10(11)13(19)14(23(18,21)22)15(20)17-12-8-4-5-9-16-12/h2-9,19H,1H3,(H,16,17,20). The number of rotatable bonds is 2. The molecule has 0 radical (unpaired) electrons. The molecular weight excluding hydrogens is 318 g/mol. The molecule has 1 aliphatic heterocycles. The summed E-state index contributed by atoms with van der Waals surface area (Å²) in [4.78, 5) is 15.6. The predicted octanol–water partition coefficient (Wildman–Crippen LogP) is 1.73. The lowest BCUT2D eigenvalue weighted by Crippen LogP contribution is -2.37. The molecule has 8 heteroatoms. The van der Waals surface area contributed by atoms with Gasteiger partial charge in [0.25, 0.3) is 15.9 Å². The molecule has 0 atom stereocenters. The highest BCUT2D eigenvalue weighted by Crippen LogP contribution is 2.37. The largest absolute Gasteiger partial charge is 0.506 e. The number of sulfonamides is 1. The predicted molar refractivity (Wildman–Crippen MR) is 86.2 cm³/mol. The molecule has 0 aliphatic carbocycles. The minimum atomic E-state index is -4.16. The second kappa shape index (κ2) is 5.40. The number of hydrogen-bond donors (Lipinski definition) is 2. The second-order valence-corrected chi connectivity index (χ2v) is 6.74. The second-order valence-electron chi connectivity index (χ2n) is 4.84.